The fourth-order valence-corrected chi connectivity index (χ4v) is 2.45. The van der Waals surface area contributed by atoms with Gasteiger partial charge in [-0.05, 0) is 43.9 Å². The zero-order valence-electron chi connectivity index (χ0n) is 10.9. The van der Waals surface area contributed by atoms with Crippen LogP contribution in [-0.2, 0) is 4.79 Å². The molecule has 2 aliphatic carbocycles. The molecule has 2 saturated carbocycles. The van der Waals surface area contributed by atoms with Crippen LogP contribution in [0.5, 0.6) is 0 Å². The van der Waals surface area contributed by atoms with Crippen molar-refractivity contribution in [2.75, 3.05) is 13.1 Å². The lowest BCUT2D eigenvalue weighted by molar-refractivity contribution is -0.137. The Labute approximate surface area is 108 Å². The van der Waals surface area contributed by atoms with Crippen molar-refractivity contribution in [3.05, 3.63) is 0 Å². The highest BCUT2D eigenvalue weighted by molar-refractivity contribution is 5.80. The van der Waals surface area contributed by atoms with E-state index in [1.165, 1.54) is 30.6 Å². The summed E-state index contributed by atoms with van der Waals surface area (Å²) < 4.78 is 0. The fourth-order valence-electron chi connectivity index (χ4n) is 2.45. The number of carboxylic acids is 1. The number of hydrogen-bond acceptors (Lipinski definition) is 2. The van der Waals surface area contributed by atoms with Gasteiger partial charge in [0.05, 0.1) is 0 Å². The first kappa shape index (κ1) is 13.2. The highest BCUT2D eigenvalue weighted by Crippen LogP contribution is 2.44. The van der Waals surface area contributed by atoms with E-state index in [2.05, 4.69) is 5.32 Å². The molecule has 2 rings (SSSR count). The van der Waals surface area contributed by atoms with E-state index in [1.807, 2.05) is 6.92 Å². The summed E-state index contributed by atoms with van der Waals surface area (Å²) in [5, 5.41) is 11.9. The van der Waals surface area contributed by atoms with Gasteiger partial charge in [-0.1, -0.05) is 6.92 Å². The Kier molecular flexibility index (Phi) is 4.09. The summed E-state index contributed by atoms with van der Waals surface area (Å²) in [6.45, 7) is 2.24. The predicted octanol–water partition coefficient (Wildman–Crippen LogP) is 1.68. The SMILES string of the molecule is CCCN(CC(=O)O)C(=O)NC(C1CC1)C1CC1. The maximum atomic E-state index is 12.1. The largest absolute Gasteiger partial charge is 0.480 e. The minimum Gasteiger partial charge on any atom is -0.480 e. The van der Waals surface area contributed by atoms with Crippen molar-refractivity contribution in [3.63, 3.8) is 0 Å². The molecule has 0 spiro atoms. The first-order valence-electron chi connectivity index (χ1n) is 6.89. The van der Waals surface area contributed by atoms with Crippen LogP contribution in [0.1, 0.15) is 39.0 Å². The molecule has 0 saturated heterocycles. The van der Waals surface area contributed by atoms with Crippen molar-refractivity contribution >= 4 is 12.0 Å². The number of nitrogens with one attached hydrogen (secondary N) is 1. The molecule has 0 bridgehead atoms. The molecule has 0 radical (unpaired) electrons. The van der Waals surface area contributed by atoms with E-state index in [0.29, 0.717) is 18.4 Å². The van der Waals surface area contributed by atoms with Crippen LogP contribution in [0.4, 0.5) is 4.79 Å². The lowest BCUT2D eigenvalue weighted by Gasteiger charge is -2.25. The van der Waals surface area contributed by atoms with Crippen molar-refractivity contribution in [2.24, 2.45) is 11.8 Å². The zero-order valence-corrected chi connectivity index (χ0v) is 10.9. The van der Waals surface area contributed by atoms with E-state index >= 15 is 0 Å². The molecule has 0 atom stereocenters. The molecule has 0 unspecified atom stereocenters. The highest BCUT2D eigenvalue weighted by atomic mass is 16.4. The molecule has 0 aliphatic heterocycles. The molecular weight excluding hydrogens is 232 g/mol. The molecule has 0 heterocycles. The molecule has 0 aromatic heterocycles. The normalized spacial score (nSPS) is 18.8. The number of aliphatic carboxylic acids is 1. The zero-order chi connectivity index (χ0) is 13.1. The van der Waals surface area contributed by atoms with Gasteiger partial charge < -0.3 is 15.3 Å². The first-order valence-corrected chi connectivity index (χ1v) is 6.89. The number of amides is 2. The van der Waals surface area contributed by atoms with Gasteiger partial charge in [0.15, 0.2) is 0 Å². The number of carbonyl (C=O) groups excluding carboxylic acids is 1. The molecule has 5 heteroatoms. The average molecular weight is 254 g/mol. The Morgan fingerprint density at radius 1 is 1.28 bits per heavy atom. The molecule has 0 aromatic carbocycles. The number of rotatable bonds is 7. The van der Waals surface area contributed by atoms with Gasteiger partial charge >= 0.3 is 12.0 Å². The predicted molar refractivity (Wildman–Crippen MR) is 67.3 cm³/mol. The molecule has 18 heavy (non-hydrogen) atoms. The number of carboxylic acid groups (broad SMARTS) is 1. The summed E-state index contributed by atoms with van der Waals surface area (Å²) in [5.41, 5.74) is 0. The second-order valence-electron chi connectivity index (χ2n) is 5.47. The number of nitrogens with zero attached hydrogens (tertiary/aromatic N) is 1. The summed E-state index contributed by atoms with van der Waals surface area (Å²) in [6.07, 6.45) is 5.59. The standard InChI is InChI=1S/C13H22N2O3/c1-2-7-15(8-11(16)17)13(18)14-12(9-3-4-9)10-5-6-10/h9-10,12H,2-8H2,1H3,(H,14,18)(H,16,17). The molecule has 2 N–H and O–H groups in total. The molecule has 102 valence electrons. The second kappa shape index (κ2) is 5.59. The third-order valence-corrected chi connectivity index (χ3v) is 3.66. The minimum atomic E-state index is -0.951. The molecule has 2 amide bonds. The Balaban J connectivity index is 1.87. The Morgan fingerprint density at radius 3 is 2.22 bits per heavy atom. The average Bonchev–Trinajstić information content (AvgIpc) is 3.16. The quantitative estimate of drug-likeness (QED) is 0.726. The molecule has 2 aliphatic rings. The van der Waals surface area contributed by atoms with E-state index in [1.54, 1.807) is 0 Å². The van der Waals surface area contributed by atoms with E-state index in [-0.39, 0.29) is 18.6 Å². The summed E-state index contributed by atoms with van der Waals surface area (Å²) in [4.78, 5) is 24.2. The van der Waals surface area contributed by atoms with Gasteiger partial charge in [-0.25, -0.2) is 4.79 Å². The Morgan fingerprint density at radius 2 is 1.83 bits per heavy atom. The van der Waals surface area contributed by atoms with Crippen molar-refractivity contribution < 1.29 is 14.7 Å². The lowest BCUT2D eigenvalue weighted by atomic mass is 10.1. The molecule has 2 fully saturated rings. The fraction of sp³-hybridized carbons (Fsp3) is 0.846. The van der Waals surface area contributed by atoms with Crippen LogP contribution >= 0.6 is 0 Å². The summed E-state index contributed by atoms with van der Waals surface area (Å²) in [5.74, 6) is 0.317. The van der Waals surface area contributed by atoms with Gasteiger partial charge in [-0.2, -0.15) is 0 Å². The first-order chi connectivity index (χ1) is 8.61. The summed E-state index contributed by atoms with van der Waals surface area (Å²) in [6, 6.07) is 0.0775. The van der Waals surface area contributed by atoms with Crippen LogP contribution in [-0.4, -0.2) is 41.1 Å². The van der Waals surface area contributed by atoms with Crippen LogP contribution in [0.2, 0.25) is 0 Å². The lowest BCUT2D eigenvalue weighted by Crippen LogP contribution is -2.48. The van der Waals surface area contributed by atoms with Crippen LogP contribution in [0.15, 0.2) is 0 Å². The van der Waals surface area contributed by atoms with Gasteiger partial charge in [-0.3, -0.25) is 4.79 Å². The van der Waals surface area contributed by atoms with E-state index in [4.69, 9.17) is 5.11 Å². The molecule has 0 aromatic rings. The summed E-state index contributed by atoms with van der Waals surface area (Å²) in [7, 11) is 0. The topological polar surface area (TPSA) is 69.6 Å². The van der Waals surface area contributed by atoms with Gasteiger partial charge in [0, 0.05) is 12.6 Å². The van der Waals surface area contributed by atoms with Crippen LogP contribution in [0.25, 0.3) is 0 Å². The number of hydrogen-bond donors (Lipinski definition) is 2. The van der Waals surface area contributed by atoms with Crippen molar-refractivity contribution in [2.45, 2.75) is 45.1 Å². The maximum Gasteiger partial charge on any atom is 0.323 e. The maximum absolute atomic E-state index is 12.1. The van der Waals surface area contributed by atoms with Crippen LogP contribution in [0, 0.1) is 11.8 Å². The van der Waals surface area contributed by atoms with E-state index in [9.17, 15) is 9.59 Å². The summed E-state index contributed by atoms with van der Waals surface area (Å²) >= 11 is 0. The second-order valence-corrected chi connectivity index (χ2v) is 5.47. The number of urea groups is 1. The minimum absolute atomic E-state index is 0.206. The van der Waals surface area contributed by atoms with E-state index in [0.717, 1.165) is 6.42 Å². The third kappa shape index (κ3) is 3.62. The van der Waals surface area contributed by atoms with E-state index < -0.39 is 5.97 Å². The highest BCUT2D eigenvalue weighted by Gasteiger charge is 2.42. The van der Waals surface area contributed by atoms with Crippen LogP contribution < -0.4 is 5.32 Å². The van der Waals surface area contributed by atoms with Crippen molar-refractivity contribution in [1.29, 1.82) is 0 Å². The van der Waals surface area contributed by atoms with Crippen LogP contribution in [0.3, 0.4) is 0 Å². The molecular formula is C13H22N2O3. The smallest absolute Gasteiger partial charge is 0.323 e. The Bertz CT molecular complexity index is 312. The van der Waals surface area contributed by atoms with Crippen molar-refractivity contribution in [3.8, 4) is 0 Å². The van der Waals surface area contributed by atoms with Gasteiger partial charge in [0.25, 0.3) is 0 Å². The third-order valence-electron chi connectivity index (χ3n) is 3.66. The molecule has 5 nitrogen and oxygen atoms in total. The van der Waals surface area contributed by atoms with Crippen molar-refractivity contribution in [1.82, 2.24) is 10.2 Å². The van der Waals surface area contributed by atoms with Gasteiger partial charge in [0.1, 0.15) is 6.54 Å². The van der Waals surface area contributed by atoms with Gasteiger partial charge in [0.2, 0.25) is 0 Å². The monoisotopic (exact) mass is 254 g/mol. The Hall–Kier alpha value is -1.26. The van der Waals surface area contributed by atoms with Gasteiger partial charge in [-0.15, -0.1) is 0 Å². The number of carbonyl (C=O) groups is 2.